The number of rotatable bonds is 1. The van der Waals surface area contributed by atoms with Crippen LogP contribution in [0.4, 0.5) is 8.78 Å². The summed E-state index contributed by atoms with van der Waals surface area (Å²) in [5.41, 5.74) is 0.0173. The van der Waals surface area contributed by atoms with Crippen molar-refractivity contribution in [2.75, 3.05) is 0 Å². The van der Waals surface area contributed by atoms with E-state index in [-0.39, 0.29) is 5.56 Å². The van der Waals surface area contributed by atoms with Gasteiger partial charge in [-0.15, -0.1) is 24.0 Å². The molecule has 1 aromatic heterocycles. The highest BCUT2D eigenvalue weighted by atomic mass is 127. The summed E-state index contributed by atoms with van der Waals surface area (Å²) in [6.45, 7) is 0. The summed E-state index contributed by atoms with van der Waals surface area (Å²) in [5, 5.41) is 2.77. The Hall–Kier alpha value is 0.120. The molecule has 0 saturated carbocycles. The first-order valence-electron chi connectivity index (χ1n) is 3.78. The zero-order valence-corrected chi connectivity index (χ0v) is 10.7. The summed E-state index contributed by atoms with van der Waals surface area (Å²) in [6.07, 6.45) is -2.46. The maximum atomic E-state index is 12.6. The Labute approximate surface area is 103 Å². The molecular weight excluding hydrogens is 337 g/mol. The lowest BCUT2D eigenvalue weighted by atomic mass is 10.2. The van der Waals surface area contributed by atoms with Crippen LogP contribution in [0.25, 0.3) is 10.1 Å². The first-order valence-corrected chi connectivity index (χ1v) is 6.18. The molecule has 0 spiro atoms. The van der Waals surface area contributed by atoms with Gasteiger partial charge in [-0.25, -0.2) is 8.78 Å². The molecule has 0 atom stereocenters. The number of alkyl halides is 2. The van der Waals surface area contributed by atoms with Crippen LogP contribution in [0, 0.1) is 3.57 Å². The van der Waals surface area contributed by atoms with Crippen LogP contribution in [-0.4, -0.2) is 0 Å². The molecule has 5 heteroatoms. The standard InChI is InChI=1S/C9H5F2IS2/c10-9(11)5-3-4-1-2-14-8(4)6(12)7(5)13/h1-3,9,13H. The Bertz CT molecular complexity index is 479. The second-order valence-electron chi connectivity index (χ2n) is 2.77. The van der Waals surface area contributed by atoms with Crippen LogP contribution in [0.2, 0.25) is 0 Å². The third-order valence-corrected chi connectivity index (χ3v) is 5.22. The molecule has 14 heavy (non-hydrogen) atoms. The maximum absolute atomic E-state index is 12.6. The van der Waals surface area contributed by atoms with Gasteiger partial charge < -0.3 is 0 Å². The van der Waals surface area contributed by atoms with Gasteiger partial charge in [0, 0.05) is 18.7 Å². The van der Waals surface area contributed by atoms with Crippen LogP contribution < -0.4 is 0 Å². The number of benzene rings is 1. The summed E-state index contributed by atoms with van der Waals surface area (Å²) in [6, 6.07) is 3.36. The molecule has 0 fully saturated rings. The van der Waals surface area contributed by atoms with Gasteiger partial charge in [-0.2, -0.15) is 0 Å². The molecule has 0 aliphatic rings. The summed E-state index contributed by atoms with van der Waals surface area (Å²) < 4.78 is 27.0. The SMILES string of the molecule is FC(F)c1cc2ccsc2c(I)c1S. The summed E-state index contributed by atoms with van der Waals surface area (Å²) >= 11 is 7.73. The lowest BCUT2D eigenvalue weighted by Crippen LogP contribution is -1.89. The van der Waals surface area contributed by atoms with Crippen molar-refractivity contribution in [3.8, 4) is 0 Å². The number of thiol groups is 1. The minimum absolute atomic E-state index is 0.0173. The van der Waals surface area contributed by atoms with Crippen molar-refractivity contribution >= 4 is 56.6 Å². The van der Waals surface area contributed by atoms with E-state index in [1.165, 1.54) is 6.07 Å². The second kappa shape index (κ2) is 3.94. The summed E-state index contributed by atoms with van der Waals surface area (Å²) in [5.74, 6) is 0. The molecule has 0 saturated heterocycles. The molecule has 1 aromatic carbocycles. The smallest absolute Gasteiger partial charge is 0.205 e. The zero-order valence-electron chi connectivity index (χ0n) is 6.80. The molecule has 2 aromatic rings. The van der Waals surface area contributed by atoms with Crippen LogP contribution in [-0.2, 0) is 0 Å². The molecule has 1 heterocycles. The second-order valence-corrected chi connectivity index (χ2v) is 5.21. The minimum Gasteiger partial charge on any atom is -0.205 e. The van der Waals surface area contributed by atoms with Crippen molar-refractivity contribution in [2.45, 2.75) is 11.3 Å². The van der Waals surface area contributed by atoms with Gasteiger partial charge in [0.2, 0.25) is 0 Å². The van der Waals surface area contributed by atoms with Gasteiger partial charge in [-0.3, -0.25) is 0 Å². The van der Waals surface area contributed by atoms with Crippen molar-refractivity contribution in [2.24, 2.45) is 0 Å². The van der Waals surface area contributed by atoms with E-state index in [1.54, 1.807) is 11.3 Å². The van der Waals surface area contributed by atoms with Crippen molar-refractivity contribution in [1.29, 1.82) is 0 Å². The van der Waals surface area contributed by atoms with Crippen LogP contribution >= 0.6 is 46.6 Å². The van der Waals surface area contributed by atoms with Crippen molar-refractivity contribution in [3.63, 3.8) is 0 Å². The molecule has 0 radical (unpaired) electrons. The third kappa shape index (κ3) is 1.65. The topological polar surface area (TPSA) is 0 Å². The number of thiophene rings is 1. The first kappa shape index (κ1) is 10.6. The van der Waals surface area contributed by atoms with Gasteiger partial charge in [0.15, 0.2) is 0 Å². The monoisotopic (exact) mass is 342 g/mol. The fourth-order valence-electron chi connectivity index (χ4n) is 1.25. The van der Waals surface area contributed by atoms with Crippen LogP contribution in [0.1, 0.15) is 12.0 Å². The molecule has 0 N–H and O–H groups in total. The molecule has 0 bridgehead atoms. The van der Waals surface area contributed by atoms with Gasteiger partial charge in [0.1, 0.15) is 0 Å². The van der Waals surface area contributed by atoms with Gasteiger partial charge >= 0.3 is 0 Å². The molecule has 2 rings (SSSR count). The predicted octanol–water partition coefficient (Wildman–Crippen LogP) is 4.73. The Morgan fingerprint density at radius 3 is 2.79 bits per heavy atom. The highest BCUT2D eigenvalue weighted by molar-refractivity contribution is 14.1. The van der Waals surface area contributed by atoms with E-state index < -0.39 is 6.43 Å². The van der Waals surface area contributed by atoms with E-state index in [0.29, 0.717) is 4.90 Å². The van der Waals surface area contributed by atoms with E-state index in [0.717, 1.165) is 13.7 Å². The molecule has 0 aliphatic heterocycles. The fourth-order valence-corrected chi connectivity index (χ4v) is 3.42. The lowest BCUT2D eigenvalue weighted by Gasteiger charge is -2.06. The number of hydrogen-bond acceptors (Lipinski definition) is 2. The maximum Gasteiger partial charge on any atom is 0.264 e. The Morgan fingerprint density at radius 2 is 2.14 bits per heavy atom. The van der Waals surface area contributed by atoms with E-state index >= 15 is 0 Å². The zero-order chi connectivity index (χ0) is 10.3. The van der Waals surface area contributed by atoms with E-state index in [2.05, 4.69) is 35.2 Å². The van der Waals surface area contributed by atoms with E-state index in [1.807, 2.05) is 11.4 Å². The predicted molar refractivity (Wildman–Crippen MR) is 66.8 cm³/mol. The van der Waals surface area contributed by atoms with Crippen molar-refractivity contribution < 1.29 is 8.78 Å². The van der Waals surface area contributed by atoms with Gasteiger partial charge in [0.25, 0.3) is 6.43 Å². The number of hydrogen-bond donors (Lipinski definition) is 1. The lowest BCUT2D eigenvalue weighted by molar-refractivity contribution is 0.148. The quantitative estimate of drug-likeness (QED) is 0.562. The molecule has 0 aliphatic carbocycles. The summed E-state index contributed by atoms with van der Waals surface area (Å²) in [4.78, 5) is 0.399. The largest absolute Gasteiger partial charge is 0.264 e. The number of halogens is 3. The van der Waals surface area contributed by atoms with E-state index in [9.17, 15) is 8.78 Å². The summed E-state index contributed by atoms with van der Waals surface area (Å²) in [7, 11) is 0. The van der Waals surface area contributed by atoms with Gasteiger partial charge in [0.05, 0.1) is 0 Å². The van der Waals surface area contributed by atoms with Gasteiger partial charge in [-0.05, 0) is 45.5 Å². The van der Waals surface area contributed by atoms with E-state index in [4.69, 9.17) is 0 Å². The molecular formula is C9H5F2IS2. The Balaban J connectivity index is 2.80. The van der Waals surface area contributed by atoms with Crippen LogP contribution in [0.15, 0.2) is 22.4 Å². The highest BCUT2D eigenvalue weighted by Crippen LogP contribution is 2.37. The van der Waals surface area contributed by atoms with Gasteiger partial charge in [-0.1, -0.05) is 0 Å². The number of fused-ring (bicyclic) bond motifs is 1. The fraction of sp³-hybridized carbons (Fsp3) is 0.111. The van der Waals surface area contributed by atoms with Crippen molar-refractivity contribution in [3.05, 3.63) is 26.6 Å². The normalized spacial score (nSPS) is 11.5. The first-order chi connectivity index (χ1) is 6.61. The molecule has 74 valence electrons. The van der Waals surface area contributed by atoms with Crippen LogP contribution in [0.3, 0.4) is 0 Å². The molecule has 0 unspecified atom stereocenters. The molecule has 0 nitrogen and oxygen atoms in total. The average Bonchev–Trinajstić information content (AvgIpc) is 2.58. The highest BCUT2D eigenvalue weighted by Gasteiger charge is 2.16. The van der Waals surface area contributed by atoms with Crippen LogP contribution in [0.5, 0.6) is 0 Å². The molecule has 0 amide bonds. The minimum atomic E-state index is -2.46. The third-order valence-electron chi connectivity index (χ3n) is 1.92. The Kier molecular flexibility index (Phi) is 2.99. The van der Waals surface area contributed by atoms with Crippen molar-refractivity contribution in [1.82, 2.24) is 0 Å². The average molecular weight is 342 g/mol. The Morgan fingerprint density at radius 1 is 1.43 bits per heavy atom.